The molecule has 1 aromatic carbocycles. The molecule has 0 aliphatic carbocycles. The minimum atomic E-state index is -1.53. The number of rotatable bonds is 0. The second-order valence-corrected chi connectivity index (χ2v) is 5.84. The highest BCUT2D eigenvalue weighted by Crippen LogP contribution is 2.38. The van der Waals surface area contributed by atoms with E-state index < -0.39 is 3.79 Å². The Morgan fingerprint density at radius 2 is 1.93 bits per heavy atom. The third-order valence-electron chi connectivity index (χ3n) is 2.10. The van der Waals surface area contributed by atoms with Gasteiger partial charge in [-0.05, 0) is 18.2 Å². The molecule has 0 N–H and O–H groups in total. The molecule has 2 nitrogen and oxygen atoms in total. The Morgan fingerprint density at radius 3 is 2.53 bits per heavy atom. The molecule has 80 valence electrons. The van der Waals surface area contributed by atoms with Crippen molar-refractivity contribution in [3.05, 3.63) is 29.0 Å². The summed E-state index contributed by atoms with van der Waals surface area (Å²) in [5, 5.41) is 0.608. The minimum Gasteiger partial charge on any atom is -0.327 e. The first kappa shape index (κ1) is 11.3. The van der Waals surface area contributed by atoms with E-state index in [9.17, 15) is 0 Å². The molecule has 0 saturated heterocycles. The zero-order valence-electron chi connectivity index (χ0n) is 7.64. The van der Waals surface area contributed by atoms with Crippen LogP contribution in [0.1, 0.15) is 5.82 Å². The molecule has 2 aromatic rings. The first-order valence-corrected chi connectivity index (χ1v) is 5.60. The van der Waals surface area contributed by atoms with Crippen LogP contribution in [0.4, 0.5) is 0 Å². The molecular weight excluding hydrogens is 278 g/mol. The summed E-state index contributed by atoms with van der Waals surface area (Å²) in [4.78, 5) is 4.23. The summed E-state index contributed by atoms with van der Waals surface area (Å²) in [6, 6.07) is 5.34. The lowest BCUT2D eigenvalue weighted by Gasteiger charge is -2.09. The highest BCUT2D eigenvalue weighted by molar-refractivity contribution is 6.66. The average molecular weight is 284 g/mol. The lowest BCUT2D eigenvalue weighted by Crippen LogP contribution is -2.08. The Balaban J connectivity index is 2.75. The van der Waals surface area contributed by atoms with Crippen LogP contribution < -0.4 is 0 Å². The van der Waals surface area contributed by atoms with Crippen LogP contribution >= 0.6 is 46.4 Å². The van der Waals surface area contributed by atoms with Gasteiger partial charge in [-0.1, -0.05) is 46.4 Å². The Kier molecular flexibility index (Phi) is 2.80. The molecule has 1 aromatic heterocycles. The van der Waals surface area contributed by atoms with Gasteiger partial charge in [0, 0.05) is 12.1 Å². The quantitative estimate of drug-likeness (QED) is 0.667. The summed E-state index contributed by atoms with van der Waals surface area (Å²) in [6.45, 7) is 0. The number of halogens is 4. The van der Waals surface area contributed by atoms with E-state index in [0.29, 0.717) is 16.4 Å². The van der Waals surface area contributed by atoms with Gasteiger partial charge in [0.1, 0.15) is 0 Å². The molecule has 1 heterocycles. The molecule has 6 heteroatoms. The van der Waals surface area contributed by atoms with Gasteiger partial charge in [-0.2, -0.15) is 0 Å². The lowest BCUT2D eigenvalue weighted by atomic mass is 10.3. The number of nitrogens with zero attached hydrogens (tertiary/aromatic N) is 2. The molecule has 0 aliphatic rings. The second kappa shape index (κ2) is 3.70. The fourth-order valence-electron chi connectivity index (χ4n) is 1.43. The number of alkyl halides is 3. The van der Waals surface area contributed by atoms with Crippen molar-refractivity contribution in [2.45, 2.75) is 3.79 Å². The van der Waals surface area contributed by atoms with Crippen LogP contribution in [0.2, 0.25) is 5.02 Å². The normalized spacial score (nSPS) is 12.3. The van der Waals surface area contributed by atoms with Crippen molar-refractivity contribution in [3.8, 4) is 0 Å². The molecule has 15 heavy (non-hydrogen) atoms. The average Bonchev–Trinajstić information content (AvgIpc) is 2.42. The Bertz CT molecular complexity index is 513. The Labute approximate surface area is 107 Å². The third-order valence-corrected chi connectivity index (χ3v) is 2.84. The third kappa shape index (κ3) is 2.04. The molecule has 0 atom stereocenters. The molecule has 0 spiro atoms. The van der Waals surface area contributed by atoms with E-state index in [4.69, 9.17) is 46.4 Å². The molecule has 0 aliphatic heterocycles. The summed E-state index contributed by atoms with van der Waals surface area (Å²) in [6.07, 6.45) is 0. The van der Waals surface area contributed by atoms with Gasteiger partial charge in [-0.3, -0.25) is 0 Å². The molecule has 0 radical (unpaired) electrons. The maximum Gasteiger partial charge on any atom is 0.248 e. The van der Waals surface area contributed by atoms with Crippen LogP contribution in [-0.2, 0) is 10.8 Å². The fraction of sp³-hybridized carbons (Fsp3) is 0.222. The van der Waals surface area contributed by atoms with Crippen LogP contribution in [0.15, 0.2) is 18.2 Å². The van der Waals surface area contributed by atoms with Crippen molar-refractivity contribution >= 4 is 57.4 Å². The summed E-state index contributed by atoms with van der Waals surface area (Å²) in [5.41, 5.74) is 1.59. The maximum atomic E-state index is 5.85. The van der Waals surface area contributed by atoms with E-state index >= 15 is 0 Å². The SMILES string of the molecule is Cn1c(C(Cl)(Cl)Cl)nc2cc(Cl)ccc21. The standard InChI is InChI=1S/C9H6Cl4N2/c1-15-7-3-2-5(10)4-6(7)14-8(15)9(11,12)13/h2-4H,1H3. The van der Waals surface area contributed by atoms with Gasteiger partial charge in [-0.15, -0.1) is 0 Å². The Morgan fingerprint density at radius 1 is 1.27 bits per heavy atom. The maximum absolute atomic E-state index is 5.85. The van der Waals surface area contributed by atoms with Crippen molar-refractivity contribution in [2.75, 3.05) is 0 Å². The summed E-state index contributed by atoms with van der Waals surface area (Å²) in [5.74, 6) is 0.379. The van der Waals surface area contributed by atoms with Crippen molar-refractivity contribution < 1.29 is 0 Å². The first-order chi connectivity index (χ1) is 6.89. The number of aryl methyl sites for hydroxylation is 1. The Hall–Kier alpha value is -0.150. The topological polar surface area (TPSA) is 17.8 Å². The number of benzene rings is 1. The summed E-state index contributed by atoms with van der Waals surface area (Å²) >= 11 is 23.2. The van der Waals surface area contributed by atoms with Crippen LogP contribution in [0, 0.1) is 0 Å². The highest BCUT2D eigenvalue weighted by Gasteiger charge is 2.29. The number of imidazole rings is 1. The van der Waals surface area contributed by atoms with E-state index in [1.807, 2.05) is 6.07 Å². The van der Waals surface area contributed by atoms with Crippen LogP contribution in [0.5, 0.6) is 0 Å². The zero-order chi connectivity index (χ0) is 11.2. The number of hydrogen-bond acceptors (Lipinski definition) is 1. The van der Waals surface area contributed by atoms with Gasteiger partial charge in [0.05, 0.1) is 11.0 Å². The van der Waals surface area contributed by atoms with Crippen molar-refractivity contribution in [2.24, 2.45) is 7.05 Å². The number of fused-ring (bicyclic) bond motifs is 1. The summed E-state index contributed by atoms with van der Waals surface area (Å²) in [7, 11) is 1.79. The number of hydrogen-bond donors (Lipinski definition) is 0. The molecule has 0 bridgehead atoms. The van der Waals surface area contributed by atoms with E-state index in [2.05, 4.69) is 4.98 Å². The molecule has 0 saturated carbocycles. The predicted molar refractivity (Wildman–Crippen MR) is 65.0 cm³/mol. The minimum absolute atomic E-state index is 0.379. The first-order valence-electron chi connectivity index (χ1n) is 4.09. The zero-order valence-corrected chi connectivity index (χ0v) is 10.7. The van der Waals surface area contributed by atoms with Crippen LogP contribution in [-0.4, -0.2) is 9.55 Å². The molecule has 0 amide bonds. The second-order valence-electron chi connectivity index (χ2n) is 3.13. The van der Waals surface area contributed by atoms with Crippen LogP contribution in [0.25, 0.3) is 11.0 Å². The van der Waals surface area contributed by atoms with Crippen LogP contribution in [0.3, 0.4) is 0 Å². The molecule has 0 fully saturated rings. The van der Waals surface area contributed by atoms with Gasteiger partial charge in [0.25, 0.3) is 0 Å². The monoisotopic (exact) mass is 282 g/mol. The fourth-order valence-corrected chi connectivity index (χ4v) is 2.10. The predicted octanol–water partition coefficient (Wildman–Crippen LogP) is 4.05. The largest absolute Gasteiger partial charge is 0.327 e. The highest BCUT2D eigenvalue weighted by atomic mass is 35.6. The van der Waals surface area contributed by atoms with Crippen molar-refractivity contribution in [3.63, 3.8) is 0 Å². The molecular formula is C9H6Cl4N2. The van der Waals surface area contributed by atoms with Gasteiger partial charge in [0.15, 0.2) is 5.82 Å². The van der Waals surface area contributed by atoms with Gasteiger partial charge in [0.2, 0.25) is 3.79 Å². The van der Waals surface area contributed by atoms with E-state index in [0.717, 1.165) is 5.52 Å². The molecule has 0 unspecified atom stereocenters. The van der Waals surface area contributed by atoms with Gasteiger partial charge in [-0.25, -0.2) is 4.98 Å². The number of aromatic nitrogens is 2. The smallest absolute Gasteiger partial charge is 0.248 e. The van der Waals surface area contributed by atoms with Gasteiger partial charge < -0.3 is 4.57 Å². The van der Waals surface area contributed by atoms with E-state index in [1.54, 1.807) is 23.7 Å². The van der Waals surface area contributed by atoms with E-state index in [1.165, 1.54) is 0 Å². The molecule has 2 rings (SSSR count). The van der Waals surface area contributed by atoms with Crippen molar-refractivity contribution in [1.29, 1.82) is 0 Å². The lowest BCUT2D eigenvalue weighted by molar-refractivity contribution is 0.841. The summed E-state index contributed by atoms with van der Waals surface area (Å²) < 4.78 is 0.207. The van der Waals surface area contributed by atoms with Crippen molar-refractivity contribution in [1.82, 2.24) is 9.55 Å². The van der Waals surface area contributed by atoms with E-state index in [-0.39, 0.29) is 0 Å². The van der Waals surface area contributed by atoms with Gasteiger partial charge >= 0.3 is 0 Å².